The minimum atomic E-state index is -0.0989. The fourth-order valence-corrected chi connectivity index (χ4v) is 2.53. The van der Waals surface area contributed by atoms with Gasteiger partial charge in [0.15, 0.2) is 11.5 Å². The monoisotopic (exact) mass is 390 g/mol. The van der Waals surface area contributed by atoms with Gasteiger partial charge < -0.3 is 20.9 Å². The highest BCUT2D eigenvalue weighted by Gasteiger charge is 2.12. The number of benzene rings is 2. The molecular weight excluding hydrogens is 372 g/mol. The largest absolute Gasteiger partial charge is 0.490 e. The normalized spacial score (nSPS) is 10.6. The Morgan fingerprint density at radius 3 is 2.58 bits per heavy atom. The van der Waals surface area contributed by atoms with Crippen LogP contribution in [0.15, 0.2) is 57.1 Å². The topological polar surface area (TPSA) is 95.2 Å². The van der Waals surface area contributed by atoms with Crippen molar-refractivity contribution in [2.45, 2.75) is 13.5 Å². The molecule has 0 aromatic heterocycles. The molecule has 0 saturated heterocycles. The maximum atomic E-state index is 5.92. The number of nitrogens with two attached hydrogens (primary N) is 2. The molecule has 0 saturated carbocycles. The summed E-state index contributed by atoms with van der Waals surface area (Å²) in [4.78, 5) is 0. The molecule has 0 aliphatic heterocycles. The number of rotatable bonds is 7. The Balaban J connectivity index is 2.23. The molecule has 6 nitrogen and oxygen atoms in total. The number of ether oxygens (including phenoxy) is 2. The summed E-state index contributed by atoms with van der Waals surface area (Å²) in [7, 11) is 0. The molecule has 0 heterocycles. The van der Waals surface area contributed by atoms with E-state index in [2.05, 4.69) is 26.1 Å². The van der Waals surface area contributed by atoms with Crippen LogP contribution in [0.25, 0.3) is 0 Å². The molecule has 0 bridgehead atoms. The van der Waals surface area contributed by atoms with Crippen LogP contribution in [0.5, 0.6) is 11.5 Å². The van der Waals surface area contributed by atoms with Crippen LogP contribution in [-0.2, 0) is 6.61 Å². The predicted octanol–water partition coefficient (Wildman–Crippen LogP) is 3.03. The third kappa shape index (κ3) is 5.27. The van der Waals surface area contributed by atoms with E-state index in [1.54, 1.807) is 0 Å². The molecule has 4 N–H and O–H groups in total. The first kappa shape index (κ1) is 17.8. The SMILES string of the molecule is CCOc1cc(C=NN=C(N)N)cc(Br)c1OCc1ccccc1. The van der Waals surface area contributed by atoms with E-state index in [0.29, 0.717) is 24.7 Å². The minimum absolute atomic E-state index is 0.0989. The van der Waals surface area contributed by atoms with Crippen molar-refractivity contribution < 1.29 is 9.47 Å². The third-order valence-electron chi connectivity index (χ3n) is 2.94. The average molecular weight is 391 g/mol. The van der Waals surface area contributed by atoms with E-state index in [4.69, 9.17) is 20.9 Å². The fourth-order valence-electron chi connectivity index (χ4n) is 1.96. The van der Waals surface area contributed by atoms with Crippen molar-refractivity contribution in [3.63, 3.8) is 0 Å². The van der Waals surface area contributed by atoms with E-state index in [0.717, 1.165) is 15.6 Å². The molecule has 2 rings (SSSR count). The van der Waals surface area contributed by atoms with Gasteiger partial charge in [-0.1, -0.05) is 30.3 Å². The van der Waals surface area contributed by atoms with Crippen LogP contribution in [0, 0.1) is 0 Å². The number of hydrogen-bond acceptors (Lipinski definition) is 4. The van der Waals surface area contributed by atoms with Gasteiger partial charge in [-0.3, -0.25) is 0 Å². The lowest BCUT2D eigenvalue weighted by atomic mass is 10.2. The van der Waals surface area contributed by atoms with Gasteiger partial charge in [-0.15, -0.1) is 5.10 Å². The zero-order valence-electron chi connectivity index (χ0n) is 13.3. The van der Waals surface area contributed by atoms with Crippen molar-refractivity contribution in [2.75, 3.05) is 6.61 Å². The van der Waals surface area contributed by atoms with Gasteiger partial charge in [0, 0.05) is 0 Å². The molecule has 0 radical (unpaired) electrons. The summed E-state index contributed by atoms with van der Waals surface area (Å²) >= 11 is 3.51. The van der Waals surface area contributed by atoms with Gasteiger partial charge in [-0.05, 0) is 46.1 Å². The summed E-state index contributed by atoms with van der Waals surface area (Å²) in [5.74, 6) is 1.16. The van der Waals surface area contributed by atoms with Gasteiger partial charge >= 0.3 is 0 Å². The zero-order valence-corrected chi connectivity index (χ0v) is 14.9. The molecule has 0 amide bonds. The molecule has 0 unspecified atom stereocenters. The molecule has 7 heteroatoms. The van der Waals surface area contributed by atoms with E-state index in [1.807, 2.05) is 49.4 Å². The standard InChI is InChI=1S/C17H19BrN4O2/c1-2-23-15-9-13(10-21-22-17(19)20)8-14(18)16(15)24-11-12-6-4-3-5-7-12/h3-10H,2,11H2,1H3,(H4,19,20,22). The molecule has 0 fully saturated rings. The molecule has 0 aliphatic rings. The third-order valence-corrected chi connectivity index (χ3v) is 3.53. The van der Waals surface area contributed by atoms with E-state index >= 15 is 0 Å². The van der Waals surface area contributed by atoms with Gasteiger partial charge in [0.25, 0.3) is 0 Å². The second-order valence-electron chi connectivity index (χ2n) is 4.81. The van der Waals surface area contributed by atoms with Crippen molar-refractivity contribution in [2.24, 2.45) is 21.7 Å². The van der Waals surface area contributed by atoms with Crippen molar-refractivity contribution in [1.82, 2.24) is 0 Å². The molecule has 0 atom stereocenters. The smallest absolute Gasteiger partial charge is 0.211 e. The summed E-state index contributed by atoms with van der Waals surface area (Å²) in [6.07, 6.45) is 1.54. The zero-order chi connectivity index (χ0) is 17.4. The molecular formula is C17H19BrN4O2. The summed E-state index contributed by atoms with van der Waals surface area (Å²) in [5.41, 5.74) is 12.3. The van der Waals surface area contributed by atoms with E-state index in [-0.39, 0.29) is 5.96 Å². The van der Waals surface area contributed by atoms with Gasteiger partial charge in [0.1, 0.15) is 6.61 Å². The highest BCUT2D eigenvalue weighted by molar-refractivity contribution is 9.10. The summed E-state index contributed by atoms with van der Waals surface area (Å²) in [6, 6.07) is 13.6. The average Bonchev–Trinajstić information content (AvgIpc) is 2.55. The Kier molecular flexibility index (Phi) is 6.62. The van der Waals surface area contributed by atoms with Gasteiger partial charge in [-0.2, -0.15) is 5.10 Å². The minimum Gasteiger partial charge on any atom is -0.490 e. The first-order chi connectivity index (χ1) is 11.6. The first-order valence-corrected chi connectivity index (χ1v) is 8.14. The lowest BCUT2D eigenvalue weighted by Crippen LogP contribution is -2.21. The Morgan fingerprint density at radius 2 is 1.92 bits per heavy atom. The summed E-state index contributed by atoms with van der Waals surface area (Å²) in [5, 5.41) is 7.38. The highest BCUT2D eigenvalue weighted by atomic mass is 79.9. The lowest BCUT2D eigenvalue weighted by molar-refractivity contribution is 0.267. The Morgan fingerprint density at radius 1 is 1.17 bits per heavy atom. The van der Waals surface area contributed by atoms with E-state index in [1.165, 1.54) is 6.21 Å². The van der Waals surface area contributed by atoms with Gasteiger partial charge in [0.2, 0.25) is 5.96 Å². The molecule has 0 aliphatic carbocycles. The molecule has 0 spiro atoms. The van der Waals surface area contributed by atoms with Crippen LogP contribution in [0.1, 0.15) is 18.1 Å². The maximum absolute atomic E-state index is 5.92. The molecule has 2 aromatic rings. The quantitative estimate of drug-likeness (QED) is 0.431. The van der Waals surface area contributed by atoms with Gasteiger partial charge in [0.05, 0.1) is 17.3 Å². The van der Waals surface area contributed by atoms with E-state index < -0.39 is 0 Å². The fraction of sp³-hybridized carbons (Fsp3) is 0.176. The number of halogens is 1. The van der Waals surface area contributed by atoms with E-state index in [9.17, 15) is 0 Å². The van der Waals surface area contributed by atoms with Gasteiger partial charge in [-0.25, -0.2) is 0 Å². The summed E-state index contributed by atoms with van der Waals surface area (Å²) in [6.45, 7) is 2.87. The van der Waals surface area contributed by atoms with Crippen molar-refractivity contribution in [3.8, 4) is 11.5 Å². The molecule has 126 valence electrons. The Hall–Kier alpha value is -2.54. The van der Waals surface area contributed by atoms with Crippen LogP contribution >= 0.6 is 15.9 Å². The van der Waals surface area contributed by atoms with Crippen LogP contribution in [-0.4, -0.2) is 18.8 Å². The van der Waals surface area contributed by atoms with Crippen LogP contribution in [0.2, 0.25) is 0 Å². The van der Waals surface area contributed by atoms with Crippen molar-refractivity contribution in [3.05, 3.63) is 58.1 Å². The number of guanidine groups is 1. The highest BCUT2D eigenvalue weighted by Crippen LogP contribution is 2.37. The first-order valence-electron chi connectivity index (χ1n) is 7.35. The van der Waals surface area contributed by atoms with Crippen molar-refractivity contribution >= 4 is 28.1 Å². The number of nitrogens with zero attached hydrogens (tertiary/aromatic N) is 2. The van der Waals surface area contributed by atoms with Crippen LogP contribution in [0.3, 0.4) is 0 Å². The van der Waals surface area contributed by atoms with Crippen LogP contribution in [0.4, 0.5) is 0 Å². The maximum Gasteiger partial charge on any atom is 0.211 e. The predicted molar refractivity (Wildman–Crippen MR) is 99.5 cm³/mol. The lowest BCUT2D eigenvalue weighted by Gasteiger charge is -2.14. The Bertz CT molecular complexity index is 729. The molecule has 24 heavy (non-hydrogen) atoms. The molecule has 2 aromatic carbocycles. The second-order valence-corrected chi connectivity index (χ2v) is 5.66. The van der Waals surface area contributed by atoms with Crippen LogP contribution < -0.4 is 20.9 Å². The number of hydrogen-bond donors (Lipinski definition) is 2. The van der Waals surface area contributed by atoms with Crippen molar-refractivity contribution in [1.29, 1.82) is 0 Å². The Labute approximate surface area is 149 Å². The summed E-state index contributed by atoms with van der Waals surface area (Å²) < 4.78 is 12.4. The second kappa shape index (κ2) is 8.93.